The highest BCUT2D eigenvalue weighted by atomic mass is 79.9. The van der Waals surface area contributed by atoms with E-state index in [4.69, 9.17) is 11.6 Å². The van der Waals surface area contributed by atoms with Crippen LogP contribution < -0.4 is 5.32 Å². The van der Waals surface area contributed by atoms with Crippen molar-refractivity contribution in [1.82, 2.24) is 4.31 Å². The van der Waals surface area contributed by atoms with Gasteiger partial charge in [0.2, 0.25) is 5.91 Å². The first kappa shape index (κ1) is 22.0. The second kappa shape index (κ2) is 8.36. The number of nitrogens with one attached hydrogen (secondary N) is 1. The first-order valence-corrected chi connectivity index (χ1v) is 10.6. The second-order valence-electron chi connectivity index (χ2n) is 5.47. The van der Waals surface area contributed by atoms with Crippen molar-refractivity contribution >= 4 is 66.4 Å². The lowest BCUT2D eigenvalue weighted by Crippen LogP contribution is -2.48. The summed E-state index contributed by atoms with van der Waals surface area (Å²) in [6.45, 7) is 0. The molecule has 0 fully saturated rings. The van der Waals surface area contributed by atoms with Crippen LogP contribution in [0.3, 0.4) is 0 Å². The molecule has 1 aromatic carbocycles. The molecule has 3 rings (SSSR count). The SMILES string of the molecule is C.CN1C(C(=O)Nc2ccc(F)c(Cl)c2)CC(c2ccc(Br)s2)=NS1(=O)=O. The molecule has 1 amide bonds. The van der Waals surface area contributed by atoms with Gasteiger partial charge in [-0.05, 0) is 46.3 Å². The Labute approximate surface area is 174 Å². The van der Waals surface area contributed by atoms with Crippen molar-refractivity contribution in [3.05, 3.63) is 49.8 Å². The molecular weight excluding hydrogens is 481 g/mol. The molecule has 1 aromatic heterocycles. The minimum absolute atomic E-state index is 0. The monoisotopic (exact) mass is 495 g/mol. The number of hydrogen-bond acceptors (Lipinski definition) is 4. The van der Waals surface area contributed by atoms with Crippen molar-refractivity contribution in [1.29, 1.82) is 0 Å². The Morgan fingerprint density at radius 3 is 2.70 bits per heavy atom. The van der Waals surface area contributed by atoms with E-state index in [0.29, 0.717) is 10.6 Å². The van der Waals surface area contributed by atoms with Crippen LogP contribution in [-0.2, 0) is 15.0 Å². The molecule has 0 radical (unpaired) electrons. The van der Waals surface area contributed by atoms with Crippen LogP contribution in [-0.4, -0.2) is 37.4 Å². The molecule has 1 N–H and O–H groups in total. The molecule has 2 heterocycles. The van der Waals surface area contributed by atoms with Gasteiger partial charge in [-0.1, -0.05) is 19.0 Å². The number of anilines is 1. The maximum absolute atomic E-state index is 13.2. The first-order valence-electron chi connectivity index (χ1n) is 7.26. The average molecular weight is 497 g/mol. The molecule has 27 heavy (non-hydrogen) atoms. The maximum Gasteiger partial charge on any atom is 0.323 e. The third-order valence-electron chi connectivity index (χ3n) is 3.76. The van der Waals surface area contributed by atoms with E-state index in [1.54, 1.807) is 12.1 Å². The summed E-state index contributed by atoms with van der Waals surface area (Å²) in [4.78, 5) is 13.3. The summed E-state index contributed by atoms with van der Waals surface area (Å²) in [6.07, 6.45) is 0.115. The smallest absolute Gasteiger partial charge is 0.323 e. The molecule has 0 aliphatic carbocycles. The minimum atomic E-state index is -3.99. The zero-order chi connectivity index (χ0) is 19.1. The van der Waals surface area contributed by atoms with E-state index in [2.05, 4.69) is 25.6 Å². The quantitative estimate of drug-likeness (QED) is 0.687. The van der Waals surface area contributed by atoms with Gasteiger partial charge in [0.15, 0.2) is 0 Å². The van der Waals surface area contributed by atoms with Crippen molar-refractivity contribution in [3.8, 4) is 0 Å². The van der Waals surface area contributed by atoms with Gasteiger partial charge in [-0.2, -0.15) is 17.1 Å². The van der Waals surface area contributed by atoms with Crippen molar-refractivity contribution < 1.29 is 17.6 Å². The molecule has 1 aliphatic heterocycles. The number of benzene rings is 1. The van der Waals surface area contributed by atoms with Crippen molar-refractivity contribution in [2.24, 2.45) is 4.40 Å². The van der Waals surface area contributed by atoms with E-state index in [1.165, 1.54) is 30.5 Å². The fourth-order valence-corrected chi connectivity index (χ4v) is 5.08. The molecule has 1 unspecified atom stereocenters. The molecule has 11 heteroatoms. The number of carbonyl (C=O) groups excluding carboxylic acids is 1. The normalized spacial score (nSPS) is 19.1. The Bertz CT molecular complexity index is 1010. The number of nitrogens with zero attached hydrogens (tertiary/aromatic N) is 2. The zero-order valence-electron chi connectivity index (χ0n) is 13.2. The summed E-state index contributed by atoms with van der Waals surface area (Å²) in [5.74, 6) is -1.17. The van der Waals surface area contributed by atoms with Crippen LogP contribution in [0.4, 0.5) is 10.1 Å². The van der Waals surface area contributed by atoms with Crippen LogP contribution in [0.15, 0.2) is 38.5 Å². The number of carbonyl (C=O) groups is 1. The van der Waals surface area contributed by atoms with Gasteiger partial charge in [0, 0.05) is 19.2 Å². The predicted molar refractivity (Wildman–Crippen MR) is 110 cm³/mol. The Hall–Kier alpha value is -1.33. The van der Waals surface area contributed by atoms with Gasteiger partial charge in [-0.3, -0.25) is 4.79 Å². The van der Waals surface area contributed by atoms with Crippen LogP contribution in [0.2, 0.25) is 5.02 Å². The number of likely N-dealkylation sites (N-methyl/N-ethyl adjacent to an activating group) is 1. The lowest BCUT2D eigenvalue weighted by atomic mass is 10.1. The molecule has 2 aromatic rings. The summed E-state index contributed by atoms with van der Waals surface area (Å²) in [7, 11) is -2.69. The fourth-order valence-electron chi connectivity index (χ4n) is 2.39. The molecule has 0 saturated heterocycles. The number of rotatable bonds is 3. The van der Waals surface area contributed by atoms with Gasteiger partial charge in [-0.15, -0.1) is 11.3 Å². The van der Waals surface area contributed by atoms with Crippen LogP contribution in [0.5, 0.6) is 0 Å². The van der Waals surface area contributed by atoms with Crippen LogP contribution in [0, 0.1) is 5.82 Å². The fraction of sp³-hybridized carbons (Fsp3) is 0.250. The standard InChI is InChI=1S/C15H12BrClFN3O3S2.CH4/c1-21-12(15(22)19-8-2-3-10(18)9(17)6-8)7-11(20-26(21,23)24)13-4-5-14(16)25-13;/h2-6,12H,7H2,1H3,(H,19,22);1H4. The molecule has 1 aliphatic rings. The lowest BCUT2D eigenvalue weighted by Gasteiger charge is -2.29. The Kier molecular flexibility index (Phi) is 6.80. The largest absolute Gasteiger partial charge is 0.325 e. The number of halogens is 3. The highest BCUT2D eigenvalue weighted by Gasteiger charge is 2.37. The van der Waals surface area contributed by atoms with Crippen molar-refractivity contribution in [2.75, 3.05) is 12.4 Å². The highest BCUT2D eigenvalue weighted by Crippen LogP contribution is 2.29. The van der Waals surface area contributed by atoms with Crippen molar-refractivity contribution in [2.45, 2.75) is 19.9 Å². The van der Waals surface area contributed by atoms with Gasteiger partial charge in [-0.25, -0.2) is 4.39 Å². The summed E-state index contributed by atoms with van der Waals surface area (Å²) in [5.41, 5.74) is 0.589. The Morgan fingerprint density at radius 2 is 2.11 bits per heavy atom. The van der Waals surface area contributed by atoms with Crippen LogP contribution in [0.25, 0.3) is 0 Å². The van der Waals surface area contributed by atoms with Gasteiger partial charge in [0.1, 0.15) is 11.9 Å². The third-order valence-corrected chi connectivity index (χ3v) is 7.16. The number of hydrogen-bond donors (Lipinski definition) is 1. The molecule has 1 atom stereocenters. The molecule has 146 valence electrons. The third kappa shape index (κ3) is 4.75. The first-order chi connectivity index (χ1) is 12.2. The summed E-state index contributed by atoms with van der Waals surface area (Å²) >= 11 is 10.4. The number of thiophene rings is 1. The molecule has 0 saturated carbocycles. The van der Waals surface area contributed by atoms with Crippen LogP contribution in [0.1, 0.15) is 18.7 Å². The van der Waals surface area contributed by atoms with E-state index in [9.17, 15) is 17.6 Å². The maximum atomic E-state index is 13.2. The van der Waals surface area contributed by atoms with E-state index < -0.39 is 28.0 Å². The minimum Gasteiger partial charge on any atom is -0.325 e. The average Bonchev–Trinajstić information content (AvgIpc) is 2.99. The van der Waals surface area contributed by atoms with E-state index in [0.717, 1.165) is 14.2 Å². The van der Waals surface area contributed by atoms with Gasteiger partial charge in [0.05, 0.1) is 19.4 Å². The van der Waals surface area contributed by atoms with E-state index in [1.807, 2.05) is 0 Å². The highest BCUT2D eigenvalue weighted by molar-refractivity contribution is 9.11. The van der Waals surface area contributed by atoms with Gasteiger partial charge < -0.3 is 5.32 Å². The van der Waals surface area contributed by atoms with Gasteiger partial charge >= 0.3 is 10.2 Å². The predicted octanol–water partition coefficient (Wildman–Crippen LogP) is 4.32. The van der Waals surface area contributed by atoms with E-state index in [-0.39, 0.29) is 24.6 Å². The topological polar surface area (TPSA) is 78.8 Å². The zero-order valence-corrected chi connectivity index (χ0v) is 17.2. The van der Waals surface area contributed by atoms with Crippen LogP contribution >= 0.6 is 38.9 Å². The summed E-state index contributed by atoms with van der Waals surface area (Å²) in [5, 5.41) is 2.43. The summed E-state index contributed by atoms with van der Waals surface area (Å²) in [6, 6.07) is 6.26. The Morgan fingerprint density at radius 1 is 1.41 bits per heavy atom. The van der Waals surface area contributed by atoms with Crippen molar-refractivity contribution in [3.63, 3.8) is 0 Å². The lowest BCUT2D eigenvalue weighted by molar-refractivity contribution is -0.119. The molecule has 6 nitrogen and oxygen atoms in total. The molecular formula is C16H16BrClFN3O3S2. The second-order valence-corrected chi connectivity index (χ2v) is 10.00. The number of amides is 1. The molecule has 0 bridgehead atoms. The summed E-state index contributed by atoms with van der Waals surface area (Å²) < 4.78 is 43.4. The van der Waals surface area contributed by atoms with Gasteiger partial charge in [0.25, 0.3) is 0 Å². The van der Waals surface area contributed by atoms with E-state index >= 15 is 0 Å². The molecule has 0 spiro atoms. The Balaban J connectivity index is 0.00000261.